The zero-order chi connectivity index (χ0) is 22.5. The Morgan fingerprint density at radius 1 is 1.25 bits per heavy atom. The number of hydrogen-bond acceptors (Lipinski definition) is 4. The minimum atomic E-state index is 0.280. The van der Waals surface area contributed by atoms with Crippen molar-refractivity contribution in [1.29, 1.82) is 5.26 Å². The molecule has 0 saturated carbocycles. The molecule has 1 aliphatic heterocycles. The third kappa shape index (κ3) is 4.23. The van der Waals surface area contributed by atoms with E-state index in [2.05, 4.69) is 48.8 Å². The van der Waals surface area contributed by atoms with E-state index in [1.54, 1.807) is 0 Å². The van der Waals surface area contributed by atoms with E-state index < -0.39 is 0 Å². The summed E-state index contributed by atoms with van der Waals surface area (Å²) < 4.78 is 2.03. The molecule has 0 bridgehead atoms. The highest BCUT2D eigenvalue weighted by atomic mass is 15.2. The third-order valence-corrected chi connectivity index (χ3v) is 5.96. The minimum absolute atomic E-state index is 0.280. The molecule has 1 aliphatic rings. The molecule has 5 nitrogen and oxygen atoms in total. The van der Waals surface area contributed by atoms with Gasteiger partial charge in [0.15, 0.2) is 0 Å². The zero-order valence-electron chi connectivity index (χ0n) is 18.5. The summed E-state index contributed by atoms with van der Waals surface area (Å²) in [6, 6.07) is 14.5. The highest BCUT2D eigenvalue weighted by Gasteiger charge is 2.22. The van der Waals surface area contributed by atoms with Gasteiger partial charge < -0.3 is 10.6 Å². The summed E-state index contributed by atoms with van der Waals surface area (Å²) in [5.41, 5.74) is 13.2. The Bertz CT molecular complexity index is 1200. The topological polar surface area (TPSA) is 70.3 Å². The van der Waals surface area contributed by atoms with Gasteiger partial charge in [0.05, 0.1) is 28.5 Å². The zero-order valence-corrected chi connectivity index (χ0v) is 18.5. The first-order chi connectivity index (χ1) is 15.7. The van der Waals surface area contributed by atoms with Crippen molar-refractivity contribution in [3.63, 3.8) is 0 Å². The van der Waals surface area contributed by atoms with E-state index in [0.29, 0.717) is 5.56 Å². The number of hydrogen-bond donors (Lipinski definition) is 1. The largest absolute Gasteiger partial charge is 0.370 e. The number of nitriles is 1. The quantitative estimate of drug-likeness (QED) is 0.544. The van der Waals surface area contributed by atoms with Crippen LogP contribution in [0.4, 0.5) is 5.69 Å². The molecule has 1 aromatic carbocycles. The molecule has 0 aliphatic carbocycles. The van der Waals surface area contributed by atoms with E-state index in [1.807, 2.05) is 47.1 Å². The molecule has 0 unspecified atom stereocenters. The summed E-state index contributed by atoms with van der Waals surface area (Å²) in [4.78, 5) is 2.41. The Balaban J connectivity index is 1.94. The molecule has 0 radical (unpaired) electrons. The molecule has 4 rings (SSSR count). The fourth-order valence-electron chi connectivity index (χ4n) is 4.27. The lowest BCUT2D eigenvalue weighted by molar-refractivity contribution is 0.501. The van der Waals surface area contributed by atoms with Gasteiger partial charge in [-0.1, -0.05) is 49.9 Å². The lowest BCUT2D eigenvalue weighted by atomic mass is 9.99. The van der Waals surface area contributed by atoms with Crippen molar-refractivity contribution < 1.29 is 0 Å². The highest BCUT2D eigenvalue weighted by molar-refractivity contribution is 5.91. The van der Waals surface area contributed by atoms with Crippen LogP contribution in [-0.2, 0) is 0 Å². The first kappa shape index (κ1) is 21.6. The van der Waals surface area contributed by atoms with Crippen LogP contribution < -0.4 is 10.6 Å². The van der Waals surface area contributed by atoms with Crippen LogP contribution in [0.2, 0.25) is 0 Å². The Kier molecular flexibility index (Phi) is 6.53. The maximum atomic E-state index is 9.21. The van der Waals surface area contributed by atoms with Crippen LogP contribution in [0.5, 0.6) is 0 Å². The number of nitrogens with two attached hydrogens (primary N) is 1. The lowest BCUT2D eigenvalue weighted by Gasteiger charge is -2.32. The Morgan fingerprint density at radius 2 is 2.00 bits per heavy atom. The monoisotopic (exact) mass is 423 g/mol. The number of benzene rings is 1. The molecule has 3 heterocycles. The first-order valence-electron chi connectivity index (χ1n) is 11.2. The average molecular weight is 424 g/mol. The summed E-state index contributed by atoms with van der Waals surface area (Å²) in [5, 5.41) is 14.0. The second-order valence-electron chi connectivity index (χ2n) is 8.10. The van der Waals surface area contributed by atoms with E-state index in [4.69, 9.17) is 10.8 Å². The van der Waals surface area contributed by atoms with E-state index >= 15 is 0 Å². The van der Waals surface area contributed by atoms with Gasteiger partial charge in [0, 0.05) is 36.5 Å². The predicted octanol–water partition coefficient (Wildman–Crippen LogP) is 5.34. The van der Waals surface area contributed by atoms with Crippen LogP contribution in [-0.4, -0.2) is 28.7 Å². The molecule has 1 fully saturated rings. The number of allylic oxidation sites excluding steroid dienone is 5. The van der Waals surface area contributed by atoms with Crippen LogP contribution in [0.1, 0.15) is 37.4 Å². The van der Waals surface area contributed by atoms with Gasteiger partial charge in [0.25, 0.3) is 0 Å². The highest BCUT2D eigenvalue weighted by Crippen LogP contribution is 2.36. The van der Waals surface area contributed by atoms with Gasteiger partial charge in [-0.15, -0.1) is 0 Å². The van der Waals surface area contributed by atoms with Gasteiger partial charge in [-0.25, -0.2) is 4.52 Å². The number of fused-ring (bicyclic) bond motifs is 1. The molecule has 3 aromatic rings. The second kappa shape index (κ2) is 9.67. The summed E-state index contributed by atoms with van der Waals surface area (Å²) in [6.07, 6.45) is 12.9. The van der Waals surface area contributed by atoms with E-state index in [9.17, 15) is 5.26 Å². The average Bonchev–Trinajstić information content (AvgIpc) is 3.22. The Hall–Kier alpha value is -3.62. The maximum Gasteiger partial charge on any atom is 0.0991 e. The Labute approximate surface area is 189 Å². The number of aromatic nitrogens is 2. The Morgan fingerprint density at radius 3 is 2.66 bits per heavy atom. The first-order valence-corrected chi connectivity index (χ1v) is 11.2. The number of anilines is 1. The molecule has 2 aromatic heterocycles. The number of nitrogens with zero attached hydrogens (tertiary/aromatic N) is 4. The molecule has 32 heavy (non-hydrogen) atoms. The number of piperidine rings is 1. The fourth-order valence-corrected chi connectivity index (χ4v) is 4.27. The molecule has 0 spiro atoms. The van der Waals surface area contributed by atoms with Crippen molar-refractivity contribution in [2.75, 3.05) is 18.0 Å². The molecular formula is C27H29N5. The lowest BCUT2D eigenvalue weighted by Crippen LogP contribution is -2.39. The van der Waals surface area contributed by atoms with Gasteiger partial charge in [-0.05, 0) is 49.1 Å². The summed E-state index contributed by atoms with van der Waals surface area (Å²) >= 11 is 0. The van der Waals surface area contributed by atoms with Gasteiger partial charge in [0.2, 0.25) is 0 Å². The second-order valence-corrected chi connectivity index (χ2v) is 8.10. The maximum absolute atomic E-state index is 9.21. The van der Waals surface area contributed by atoms with Crippen LogP contribution in [0.3, 0.4) is 0 Å². The van der Waals surface area contributed by atoms with Crippen LogP contribution in [0, 0.1) is 11.3 Å². The van der Waals surface area contributed by atoms with Gasteiger partial charge in [0.1, 0.15) is 0 Å². The normalized spacial score (nSPS) is 15.4. The predicted molar refractivity (Wildman–Crippen MR) is 132 cm³/mol. The third-order valence-electron chi connectivity index (χ3n) is 5.96. The van der Waals surface area contributed by atoms with Crippen LogP contribution in [0.25, 0.3) is 22.2 Å². The van der Waals surface area contributed by atoms with E-state index in [-0.39, 0.29) is 6.04 Å². The van der Waals surface area contributed by atoms with Crippen molar-refractivity contribution in [1.82, 2.24) is 9.61 Å². The molecule has 162 valence electrons. The molecular weight excluding hydrogens is 394 g/mol. The smallest absolute Gasteiger partial charge is 0.0991 e. The van der Waals surface area contributed by atoms with E-state index in [0.717, 1.165) is 60.3 Å². The standard InChI is InChI=1S/C27H29N5/c1-3-5-7-22(6-4-2)27-24(21-10-8-20(19-28)9-11-21)18-26-25(12-15-30-32(26)27)31-16-13-23(29)14-17-31/h4-12,15,18,23H,2-3,13-14,16-17,29H2,1H3/b7-5-,22-6+. The molecule has 0 amide bonds. The molecule has 2 N–H and O–H groups in total. The van der Waals surface area contributed by atoms with Crippen molar-refractivity contribution in [3.05, 3.63) is 84.7 Å². The fraction of sp³-hybridized carbons (Fsp3) is 0.259. The minimum Gasteiger partial charge on any atom is -0.370 e. The number of rotatable bonds is 6. The van der Waals surface area contributed by atoms with Crippen molar-refractivity contribution >= 4 is 16.8 Å². The van der Waals surface area contributed by atoms with Crippen LogP contribution >= 0.6 is 0 Å². The van der Waals surface area contributed by atoms with Crippen LogP contribution in [0.15, 0.2) is 73.5 Å². The summed E-state index contributed by atoms with van der Waals surface area (Å²) in [7, 11) is 0. The van der Waals surface area contributed by atoms with Gasteiger partial charge in [-0.3, -0.25) is 0 Å². The molecule has 0 atom stereocenters. The van der Waals surface area contributed by atoms with Crippen molar-refractivity contribution in [2.24, 2.45) is 5.73 Å². The van der Waals surface area contributed by atoms with E-state index in [1.165, 1.54) is 5.69 Å². The molecule has 5 heteroatoms. The molecule has 1 saturated heterocycles. The SMILES string of the molecule is C=C/C=C(\C=C/CC)c1c(-c2ccc(C#N)cc2)cc2c(N3CCC(N)CC3)ccnn12. The summed E-state index contributed by atoms with van der Waals surface area (Å²) in [6.45, 7) is 7.93. The van der Waals surface area contributed by atoms with Crippen molar-refractivity contribution in [2.45, 2.75) is 32.2 Å². The van der Waals surface area contributed by atoms with Crippen molar-refractivity contribution in [3.8, 4) is 17.2 Å². The van der Waals surface area contributed by atoms with Gasteiger partial charge >= 0.3 is 0 Å². The van der Waals surface area contributed by atoms with Gasteiger partial charge in [-0.2, -0.15) is 10.4 Å². The summed E-state index contributed by atoms with van der Waals surface area (Å²) in [5.74, 6) is 0.